The largest absolute Gasteiger partial charge is 0.481 e. The van der Waals surface area contributed by atoms with Gasteiger partial charge in [-0.3, -0.25) is 4.79 Å². The minimum atomic E-state index is -0.760. The van der Waals surface area contributed by atoms with Crippen molar-refractivity contribution in [3.8, 4) is 0 Å². The second-order valence-electron chi connectivity index (χ2n) is 3.32. The van der Waals surface area contributed by atoms with E-state index in [1.54, 1.807) is 0 Å². The Balaban J connectivity index is 3.39. The number of hydrogen-bond donors (Lipinski definition) is 2. The number of aliphatic hydroxyl groups excluding tert-OH is 1. The molecule has 0 aliphatic carbocycles. The molecule has 0 saturated carbocycles. The van der Waals surface area contributed by atoms with Crippen LogP contribution >= 0.6 is 0 Å². The molecule has 2 N–H and O–H groups in total. The number of aliphatic hydroxyl groups is 1. The van der Waals surface area contributed by atoms with Crippen molar-refractivity contribution in [2.75, 3.05) is 20.1 Å². The lowest BCUT2D eigenvalue weighted by molar-refractivity contribution is -0.137. The minimum Gasteiger partial charge on any atom is -0.481 e. The van der Waals surface area contributed by atoms with Crippen molar-refractivity contribution in [1.82, 2.24) is 4.90 Å². The van der Waals surface area contributed by atoms with Crippen LogP contribution in [0.15, 0.2) is 0 Å². The minimum absolute atomic E-state index is 0.201. The van der Waals surface area contributed by atoms with Gasteiger partial charge in [0.05, 0.1) is 6.10 Å². The van der Waals surface area contributed by atoms with Crippen molar-refractivity contribution < 1.29 is 15.0 Å². The monoisotopic (exact) mass is 189 g/mol. The SMILES string of the molecule is CCC(O)CN(C)CCCC(=O)O. The molecule has 0 aromatic heterocycles. The van der Waals surface area contributed by atoms with E-state index in [1.165, 1.54) is 0 Å². The van der Waals surface area contributed by atoms with Gasteiger partial charge in [-0.05, 0) is 26.4 Å². The fourth-order valence-electron chi connectivity index (χ4n) is 1.08. The van der Waals surface area contributed by atoms with Gasteiger partial charge in [-0.2, -0.15) is 0 Å². The zero-order chi connectivity index (χ0) is 10.3. The lowest BCUT2D eigenvalue weighted by atomic mass is 10.2. The van der Waals surface area contributed by atoms with Crippen LogP contribution in [0.25, 0.3) is 0 Å². The van der Waals surface area contributed by atoms with Gasteiger partial charge in [0.25, 0.3) is 0 Å². The average Bonchev–Trinajstić information content (AvgIpc) is 2.03. The molecule has 13 heavy (non-hydrogen) atoms. The maximum Gasteiger partial charge on any atom is 0.303 e. The van der Waals surface area contributed by atoms with Crippen molar-refractivity contribution in [1.29, 1.82) is 0 Å². The van der Waals surface area contributed by atoms with Crippen molar-refractivity contribution in [2.45, 2.75) is 32.3 Å². The van der Waals surface area contributed by atoms with Crippen LogP contribution in [0.4, 0.5) is 0 Å². The van der Waals surface area contributed by atoms with E-state index < -0.39 is 5.97 Å². The van der Waals surface area contributed by atoms with Gasteiger partial charge in [0.2, 0.25) is 0 Å². The summed E-state index contributed by atoms with van der Waals surface area (Å²) < 4.78 is 0. The lowest BCUT2D eigenvalue weighted by Crippen LogP contribution is -2.29. The van der Waals surface area contributed by atoms with Gasteiger partial charge in [0, 0.05) is 13.0 Å². The number of nitrogens with zero attached hydrogens (tertiary/aromatic N) is 1. The maximum atomic E-state index is 10.2. The van der Waals surface area contributed by atoms with Gasteiger partial charge in [0.15, 0.2) is 0 Å². The summed E-state index contributed by atoms with van der Waals surface area (Å²) in [5.74, 6) is -0.760. The van der Waals surface area contributed by atoms with Crippen molar-refractivity contribution in [3.63, 3.8) is 0 Å². The summed E-state index contributed by atoms with van der Waals surface area (Å²) in [5.41, 5.74) is 0. The number of hydrogen-bond acceptors (Lipinski definition) is 3. The van der Waals surface area contributed by atoms with E-state index in [9.17, 15) is 9.90 Å². The summed E-state index contributed by atoms with van der Waals surface area (Å²) in [5, 5.41) is 17.7. The molecule has 0 fully saturated rings. The molecule has 1 unspecified atom stereocenters. The zero-order valence-corrected chi connectivity index (χ0v) is 8.36. The molecule has 0 aromatic carbocycles. The second kappa shape index (κ2) is 6.86. The third-order valence-electron chi connectivity index (χ3n) is 1.92. The molecule has 0 spiro atoms. The Morgan fingerprint density at radius 1 is 1.54 bits per heavy atom. The summed E-state index contributed by atoms with van der Waals surface area (Å²) in [7, 11) is 1.89. The highest BCUT2D eigenvalue weighted by atomic mass is 16.4. The van der Waals surface area contributed by atoms with Gasteiger partial charge < -0.3 is 15.1 Å². The van der Waals surface area contributed by atoms with Crippen LogP contribution in [-0.4, -0.2) is 47.3 Å². The number of carboxylic acids is 1. The molecule has 0 aliphatic heterocycles. The maximum absolute atomic E-state index is 10.2. The second-order valence-corrected chi connectivity index (χ2v) is 3.32. The lowest BCUT2D eigenvalue weighted by Gasteiger charge is -2.18. The summed E-state index contributed by atoms with van der Waals surface area (Å²) in [6.07, 6.45) is 1.28. The number of aliphatic carboxylic acids is 1. The first kappa shape index (κ1) is 12.4. The number of carbonyl (C=O) groups is 1. The van der Waals surface area contributed by atoms with E-state index in [4.69, 9.17) is 5.11 Å². The normalized spacial score (nSPS) is 13.2. The van der Waals surface area contributed by atoms with E-state index in [0.29, 0.717) is 13.0 Å². The Morgan fingerprint density at radius 3 is 2.62 bits per heavy atom. The van der Waals surface area contributed by atoms with Gasteiger partial charge in [0.1, 0.15) is 0 Å². The molecule has 78 valence electrons. The molecule has 0 aliphatic rings. The van der Waals surface area contributed by atoms with E-state index in [1.807, 2.05) is 18.9 Å². The standard InChI is InChI=1S/C9H19NO3/c1-3-8(11)7-10(2)6-4-5-9(12)13/h8,11H,3-7H2,1-2H3,(H,12,13). The van der Waals surface area contributed by atoms with E-state index in [0.717, 1.165) is 13.0 Å². The molecule has 1 atom stereocenters. The van der Waals surface area contributed by atoms with Crippen LogP contribution in [0.3, 0.4) is 0 Å². The Kier molecular flexibility index (Phi) is 6.54. The quantitative estimate of drug-likeness (QED) is 0.614. The van der Waals surface area contributed by atoms with E-state index >= 15 is 0 Å². The third-order valence-corrected chi connectivity index (χ3v) is 1.92. The van der Waals surface area contributed by atoms with Gasteiger partial charge in [-0.15, -0.1) is 0 Å². The first-order chi connectivity index (χ1) is 6.06. The predicted molar refractivity (Wildman–Crippen MR) is 50.7 cm³/mol. The van der Waals surface area contributed by atoms with Crippen molar-refractivity contribution in [2.24, 2.45) is 0 Å². The number of rotatable bonds is 7. The fraction of sp³-hybridized carbons (Fsp3) is 0.889. The van der Waals surface area contributed by atoms with Crippen LogP contribution in [0.2, 0.25) is 0 Å². The first-order valence-electron chi connectivity index (χ1n) is 4.64. The Hall–Kier alpha value is -0.610. The van der Waals surface area contributed by atoms with Crippen molar-refractivity contribution in [3.05, 3.63) is 0 Å². The molecule has 0 heterocycles. The van der Waals surface area contributed by atoms with Gasteiger partial charge in [-0.1, -0.05) is 6.92 Å². The fourth-order valence-corrected chi connectivity index (χ4v) is 1.08. The van der Waals surface area contributed by atoms with Gasteiger partial charge >= 0.3 is 5.97 Å². The molecule has 4 heteroatoms. The molecule has 0 saturated heterocycles. The van der Waals surface area contributed by atoms with E-state index in [2.05, 4.69) is 0 Å². The zero-order valence-electron chi connectivity index (χ0n) is 8.36. The average molecular weight is 189 g/mol. The molecule has 0 aromatic rings. The van der Waals surface area contributed by atoms with Crippen LogP contribution < -0.4 is 0 Å². The molecule has 4 nitrogen and oxygen atoms in total. The molecule has 0 rings (SSSR count). The summed E-state index contributed by atoms with van der Waals surface area (Å²) in [6.45, 7) is 3.27. The third kappa shape index (κ3) is 7.74. The highest BCUT2D eigenvalue weighted by molar-refractivity contribution is 5.66. The first-order valence-corrected chi connectivity index (χ1v) is 4.64. The topological polar surface area (TPSA) is 60.8 Å². The number of carboxylic acid groups (broad SMARTS) is 1. The molecular formula is C9H19NO3. The van der Waals surface area contributed by atoms with Crippen molar-refractivity contribution >= 4 is 5.97 Å². The highest BCUT2D eigenvalue weighted by Gasteiger charge is 2.05. The predicted octanol–water partition coefficient (Wildman–Crippen LogP) is 0.554. The molecule has 0 amide bonds. The van der Waals surface area contributed by atoms with Gasteiger partial charge in [-0.25, -0.2) is 0 Å². The molecular weight excluding hydrogens is 170 g/mol. The van der Waals surface area contributed by atoms with E-state index in [-0.39, 0.29) is 12.5 Å². The number of likely N-dealkylation sites (N-methyl/N-ethyl adjacent to an activating group) is 1. The van der Waals surface area contributed by atoms with Crippen LogP contribution in [0.1, 0.15) is 26.2 Å². The summed E-state index contributed by atoms with van der Waals surface area (Å²) in [4.78, 5) is 12.1. The Bertz CT molecular complexity index is 150. The summed E-state index contributed by atoms with van der Waals surface area (Å²) in [6, 6.07) is 0. The van der Waals surface area contributed by atoms with Crippen LogP contribution in [0.5, 0.6) is 0 Å². The molecule has 0 radical (unpaired) electrons. The highest BCUT2D eigenvalue weighted by Crippen LogP contribution is 1.97. The smallest absolute Gasteiger partial charge is 0.303 e. The molecule has 0 bridgehead atoms. The van der Waals surface area contributed by atoms with Crippen LogP contribution in [-0.2, 0) is 4.79 Å². The Labute approximate surface area is 79.2 Å². The summed E-state index contributed by atoms with van der Waals surface area (Å²) >= 11 is 0. The Morgan fingerprint density at radius 2 is 2.15 bits per heavy atom. The van der Waals surface area contributed by atoms with Crippen LogP contribution in [0, 0.1) is 0 Å².